The second kappa shape index (κ2) is 51.0. The van der Waals surface area contributed by atoms with Gasteiger partial charge in [0.05, 0.1) is 97.9 Å². The predicted octanol–water partition coefficient (Wildman–Crippen LogP) is 15.7. The first-order chi connectivity index (χ1) is 66.6. The molecule has 0 spiro atoms. The van der Waals surface area contributed by atoms with Crippen molar-refractivity contribution in [1.29, 1.82) is 0 Å². The zero-order valence-corrected chi connectivity index (χ0v) is 90.5. The van der Waals surface area contributed by atoms with Crippen LogP contribution in [0.2, 0.25) is 0 Å². The summed E-state index contributed by atoms with van der Waals surface area (Å²) >= 11 is 0. The average Bonchev–Trinajstić information content (AvgIpc) is 0.868. The van der Waals surface area contributed by atoms with Crippen molar-refractivity contribution in [3.05, 3.63) is 165 Å². The van der Waals surface area contributed by atoms with E-state index in [4.69, 9.17) is 28.4 Å². The number of amides is 5. The number of ether oxygens (including phenoxy) is 6. The van der Waals surface area contributed by atoms with Crippen molar-refractivity contribution < 1.29 is 111 Å². The maximum Gasteiger partial charge on any atom is 0.245 e. The van der Waals surface area contributed by atoms with E-state index in [0.29, 0.717) is 31.1 Å². The Morgan fingerprint density at radius 1 is 0.622 bits per heavy atom. The quantitative estimate of drug-likeness (QED) is 0.0168. The molecule has 0 saturated carbocycles. The highest BCUT2D eigenvalue weighted by Gasteiger charge is 2.52. The molecule has 2 heterocycles. The van der Waals surface area contributed by atoms with Crippen LogP contribution < -0.4 is 25.4 Å². The van der Waals surface area contributed by atoms with Gasteiger partial charge in [0.1, 0.15) is 64.7 Å². The molecule has 6 aromatic carbocycles. The number of aliphatic hydroxyl groups is 3. The summed E-state index contributed by atoms with van der Waals surface area (Å²) in [7, 11) is 11.5. The molecule has 10 rings (SSSR count). The van der Waals surface area contributed by atoms with E-state index in [9.17, 15) is 83.1 Å². The third-order valence-corrected chi connectivity index (χ3v) is 28.1. The van der Waals surface area contributed by atoms with Crippen LogP contribution in [-0.2, 0) is 86.2 Å². The van der Waals surface area contributed by atoms with Crippen LogP contribution in [0.25, 0.3) is 10.8 Å². The number of Topliss-reactive ketones (excluding diaryl/α,β-unsaturated/α-hetero) is 5. The Kier molecular flexibility index (Phi) is 42.6. The fourth-order valence-corrected chi connectivity index (χ4v) is 19.7. The SMILES string of the molecule is CC(C)Cc1ccc(C(C)C(=O)C(C)(C)C)cc1.CC[C@H](C)C([C@@H](CC(=O)N1CCCC1[C@H](OC)[C@@H](C)C(=O)N[C@@H](Cc1ccccc1)C(=O)C(C)(C)C)OC)N(C)C(=O)C(NC(=O)C(C(C)C)N(C)C)C(C)C.COc1ccc2cc([C@H](C)C(=O)C(C)(C)C)ccc2c1.COc1cccc2c1C(=O)c1c(O)c3c(c(O)c1C2=O)C[C@@](O)(C(=O)CO)C[C@@H]3OC1C[C@H](NC(=O)CCC(=O)C(C)(C)C)[C@H](O)[C@H](C)O1. The number of likely N-dealkylation sites (N-methyl/N-ethyl adjacent to an activating group) is 2. The molecule has 29 heteroatoms. The summed E-state index contributed by atoms with van der Waals surface area (Å²) in [6.07, 6.45) is -3.89. The van der Waals surface area contributed by atoms with Gasteiger partial charge in [-0.15, -0.1) is 0 Å². The molecule has 2 saturated heterocycles. The maximum atomic E-state index is 14.3. The number of fused-ring (bicyclic) bond motifs is 4. The van der Waals surface area contributed by atoms with Gasteiger partial charge in [0.25, 0.3) is 0 Å². The summed E-state index contributed by atoms with van der Waals surface area (Å²) in [5.74, 6) is -4.45. The summed E-state index contributed by atoms with van der Waals surface area (Å²) in [5, 5.41) is 66.2. The number of hydrogen-bond acceptors (Lipinski definition) is 24. The summed E-state index contributed by atoms with van der Waals surface area (Å²) in [4.78, 5) is 165. The molecule has 0 radical (unpaired) electrons. The van der Waals surface area contributed by atoms with Gasteiger partial charge in [0.15, 0.2) is 23.6 Å². The summed E-state index contributed by atoms with van der Waals surface area (Å²) in [6.45, 7) is 45.7. The highest BCUT2D eigenvalue weighted by atomic mass is 16.7. The second-order valence-electron chi connectivity index (χ2n) is 44.7. The van der Waals surface area contributed by atoms with E-state index < -0.39 is 155 Å². The number of phenols is 2. The number of ketones is 7. The van der Waals surface area contributed by atoms with Gasteiger partial charge < -0.3 is 79.7 Å². The molecule has 17 atom stereocenters. The minimum atomic E-state index is -2.33. The van der Waals surface area contributed by atoms with Crippen molar-refractivity contribution in [3.8, 4) is 23.0 Å². The molecule has 788 valence electrons. The highest BCUT2D eigenvalue weighted by molar-refractivity contribution is 6.31. The van der Waals surface area contributed by atoms with E-state index in [0.717, 1.165) is 52.5 Å². The van der Waals surface area contributed by atoms with Crippen LogP contribution in [0.15, 0.2) is 109 Å². The van der Waals surface area contributed by atoms with Gasteiger partial charge in [-0.05, 0) is 122 Å². The standard InChI is InChI=1S/C44H75N5O7.C35H41NO13.C18H22O2.C17H26O/c1-16-29(6)38(48(13)43(54)36(27(2)3)46-42(53)37(28(4)5)47(11)12)34(55-14)26-35(50)49-24-20-23-33(49)39(56-15)30(7)41(52)45-32(40(51)44(8,9)10)25-31-21-18-17-19-22-31;1-15-29(41)18(36-23(40)10-9-21(38)34(2,3)4)11-24(48-15)49-20-13-35(46,22(39)14-37)12-17-26(20)33(45)28-27(31(17)43)30(42)16-7-6-8-19(47-5)25(16)32(28)44;1-12(17(19)18(2,3)4)13-6-7-15-11-16(20-5)9-8-14(15)10-13;1-12(2)11-14-7-9-15(10-8-14)13(3)16(18)17(4,5)6/h17-19,21-22,27-30,32-34,36-39H,16,20,23-26H2,1-15H3,(H,45,52)(H,46,53);6-8,15,18,20,24,29,37,41,43,45-46H,9-14H2,1-5H3,(H,36,40);6-12H,1-5H3;7-10,12-13H,11H2,1-6H3/t29-,30+,32-,33?,34+,36?,37?,38?,39+;15-,18-,20-,24?,29+,35-;12-;/m000./s1. The number of nitrogens with zero attached hydrogens (tertiary/aromatic N) is 3. The fraction of sp³-hybridized carbons (Fsp3) is 0.596. The lowest BCUT2D eigenvalue weighted by Gasteiger charge is -2.43. The van der Waals surface area contributed by atoms with Crippen molar-refractivity contribution in [2.75, 3.05) is 62.7 Å². The number of carbonyl (C=O) groups is 12. The van der Waals surface area contributed by atoms with Crippen LogP contribution in [0, 0.1) is 51.2 Å². The van der Waals surface area contributed by atoms with Crippen molar-refractivity contribution in [3.63, 3.8) is 0 Å². The molecule has 6 unspecified atom stereocenters. The number of hydrogen-bond donors (Lipinski definition) is 8. The number of aromatic hydroxyl groups is 2. The zero-order valence-electron chi connectivity index (χ0n) is 90.5. The largest absolute Gasteiger partial charge is 0.507 e. The van der Waals surface area contributed by atoms with Crippen LogP contribution in [0.3, 0.4) is 0 Å². The van der Waals surface area contributed by atoms with Crippen LogP contribution in [-0.4, -0.2) is 246 Å². The van der Waals surface area contributed by atoms with Crippen LogP contribution in [0.4, 0.5) is 0 Å². The monoisotopic (exact) mass is 1990 g/mol. The molecule has 2 aliphatic carbocycles. The maximum absolute atomic E-state index is 14.3. The Labute approximate surface area is 847 Å². The summed E-state index contributed by atoms with van der Waals surface area (Å²) < 4.78 is 34.6. The number of aliphatic hydroxyl groups excluding tert-OH is 2. The number of carbonyl (C=O) groups excluding carboxylic acids is 12. The Morgan fingerprint density at radius 3 is 1.73 bits per heavy atom. The minimum Gasteiger partial charge on any atom is -0.507 e. The van der Waals surface area contributed by atoms with Gasteiger partial charge in [0, 0.05) is 110 Å². The van der Waals surface area contributed by atoms with Gasteiger partial charge in [-0.3, -0.25) is 62.4 Å². The zero-order chi connectivity index (χ0) is 108. The van der Waals surface area contributed by atoms with Crippen molar-refractivity contribution in [2.45, 2.75) is 327 Å². The average molecular weight is 1990 g/mol. The van der Waals surface area contributed by atoms with Gasteiger partial charge in [-0.2, -0.15) is 0 Å². The number of likely N-dealkylation sites (tertiary alicyclic amines) is 1. The number of benzene rings is 6. The van der Waals surface area contributed by atoms with Crippen LogP contribution in [0.1, 0.15) is 301 Å². The summed E-state index contributed by atoms with van der Waals surface area (Å²) in [6, 6.07) is 31.0. The summed E-state index contributed by atoms with van der Waals surface area (Å²) in [5.41, 5.74) is -1.41. The number of nitrogens with one attached hydrogen (secondary N) is 3. The van der Waals surface area contributed by atoms with Crippen molar-refractivity contribution in [1.82, 2.24) is 30.7 Å². The van der Waals surface area contributed by atoms with Crippen LogP contribution in [0.5, 0.6) is 23.0 Å². The predicted molar refractivity (Wildman–Crippen MR) is 552 cm³/mol. The van der Waals surface area contributed by atoms with Gasteiger partial charge in [-0.25, -0.2) is 0 Å². The molecular formula is C114H164N6O23. The molecule has 2 aliphatic heterocycles. The van der Waals surface area contributed by atoms with E-state index in [1.54, 1.807) is 65.9 Å². The molecule has 8 N–H and O–H groups in total. The van der Waals surface area contributed by atoms with Gasteiger partial charge in [0.2, 0.25) is 35.3 Å². The minimum absolute atomic E-state index is 0.00881. The lowest BCUT2D eigenvalue weighted by molar-refractivity contribution is -0.249. The molecule has 5 amide bonds. The number of phenolic OH excluding ortho intramolecular Hbond substituents is 2. The lowest BCUT2D eigenvalue weighted by atomic mass is 9.72. The second-order valence-corrected chi connectivity index (χ2v) is 44.7. The Bertz CT molecular complexity index is 5420. The normalized spacial score (nSPS) is 20.1. The first-order valence-electron chi connectivity index (χ1n) is 50.4. The molecule has 6 aromatic rings. The molecule has 0 aromatic heterocycles. The molecule has 4 aliphatic rings. The van der Waals surface area contributed by atoms with E-state index in [1.165, 1.54) is 37.8 Å². The Hall–Kier alpha value is -10.5. The molecular weight excluding hydrogens is 1820 g/mol. The van der Waals surface area contributed by atoms with Crippen molar-refractivity contribution in [2.24, 2.45) is 51.2 Å². The molecule has 0 bridgehead atoms. The number of methoxy groups -OCH3 is 4. The van der Waals surface area contributed by atoms with Gasteiger partial charge >= 0.3 is 0 Å². The fourth-order valence-electron chi connectivity index (χ4n) is 19.7. The van der Waals surface area contributed by atoms with Crippen molar-refractivity contribution >= 4 is 80.8 Å². The topological polar surface area (TPSA) is 407 Å². The van der Waals surface area contributed by atoms with E-state index in [2.05, 4.69) is 66.2 Å². The third kappa shape index (κ3) is 30.1. The van der Waals surface area contributed by atoms with E-state index >= 15 is 0 Å². The highest BCUT2D eigenvalue weighted by Crippen LogP contribution is 2.53. The third-order valence-electron chi connectivity index (χ3n) is 28.1. The first-order valence-corrected chi connectivity index (χ1v) is 50.4. The first kappa shape index (κ1) is 119. The molecule has 29 nitrogen and oxygen atoms in total. The lowest BCUT2D eigenvalue weighted by Crippen LogP contribution is -2.59. The number of rotatable bonds is 37. The van der Waals surface area contributed by atoms with Crippen LogP contribution >= 0.6 is 0 Å². The Balaban J connectivity index is 0.000000286. The van der Waals surface area contributed by atoms with Gasteiger partial charge in [-0.1, -0.05) is 257 Å². The smallest absolute Gasteiger partial charge is 0.245 e. The molecule has 143 heavy (non-hydrogen) atoms. The Morgan fingerprint density at radius 2 is 1.20 bits per heavy atom. The van der Waals surface area contributed by atoms with E-state index in [1.807, 2.05) is 191 Å². The molecule has 2 fully saturated rings. The van der Waals surface area contributed by atoms with E-state index in [-0.39, 0.29) is 141 Å².